The van der Waals surface area contributed by atoms with Crippen molar-refractivity contribution >= 4 is 5.97 Å². The third-order valence-electron chi connectivity index (χ3n) is 3.80. The fourth-order valence-corrected chi connectivity index (χ4v) is 2.56. The third kappa shape index (κ3) is 4.84. The quantitative estimate of drug-likeness (QED) is 0.527. The second kappa shape index (κ2) is 8.66. The van der Waals surface area contributed by atoms with Crippen molar-refractivity contribution < 1.29 is 36.9 Å². The molecule has 0 heterocycles. The van der Waals surface area contributed by atoms with Crippen LogP contribution in [0.15, 0.2) is 36.4 Å². The summed E-state index contributed by atoms with van der Waals surface area (Å²) < 4.78 is 59.6. The normalized spacial score (nSPS) is 11.0. The zero-order valence-corrected chi connectivity index (χ0v) is 15.1. The lowest BCUT2D eigenvalue weighted by Gasteiger charge is -2.16. The van der Waals surface area contributed by atoms with Crippen LogP contribution in [-0.2, 0) is 17.4 Å². The van der Waals surface area contributed by atoms with Crippen molar-refractivity contribution in [2.45, 2.75) is 19.0 Å². The lowest BCUT2D eigenvalue weighted by Crippen LogP contribution is -2.14. The number of carbonyl (C=O) groups is 1. The summed E-state index contributed by atoms with van der Waals surface area (Å²) in [6, 6.07) is 7.92. The third-order valence-corrected chi connectivity index (χ3v) is 3.80. The van der Waals surface area contributed by atoms with Gasteiger partial charge in [0.2, 0.25) is 5.75 Å². The van der Waals surface area contributed by atoms with Gasteiger partial charge in [-0.05, 0) is 30.2 Å². The molecule has 2 aromatic rings. The van der Waals surface area contributed by atoms with Crippen molar-refractivity contribution in [1.82, 2.24) is 0 Å². The smallest absolute Gasteiger partial charge is 0.419 e. The summed E-state index contributed by atoms with van der Waals surface area (Å²) in [5.41, 5.74) is -0.363. The number of para-hydroxylation sites is 1. The second-order valence-electron chi connectivity index (χ2n) is 5.46. The van der Waals surface area contributed by atoms with E-state index in [0.29, 0.717) is 22.8 Å². The van der Waals surface area contributed by atoms with E-state index in [1.54, 1.807) is 12.1 Å². The number of aryl methyl sites for hydroxylation is 1. The molecule has 0 unspecified atom stereocenters. The maximum absolute atomic E-state index is 13.0. The minimum absolute atomic E-state index is 0.141. The van der Waals surface area contributed by atoms with Crippen molar-refractivity contribution in [2.75, 3.05) is 21.3 Å². The number of hydrogen-bond acceptors (Lipinski definition) is 5. The van der Waals surface area contributed by atoms with Crippen LogP contribution in [0.5, 0.6) is 23.0 Å². The molecule has 0 fully saturated rings. The van der Waals surface area contributed by atoms with Crippen molar-refractivity contribution in [2.24, 2.45) is 0 Å². The molecule has 0 amide bonds. The fourth-order valence-electron chi connectivity index (χ4n) is 2.56. The molecule has 5 nitrogen and oxygen atoms in total. The summed E-state index contributed by atoms with van der Waals surface area (Å²) in [7, 11) is 4.37. The van der Waals surface area contributed by atoms with Gasteiger partial charge in [0.1, 0.15) is 5.75 Å². The number of benzene rings is 2. The van der Waals surface area contributed by atoms with E-state index in [1.165, 1.54) is 33.5 Å². The number of alkyl halides is 3. The Morgan fingerprint density at radius 1 is 0.889 bits per heavy atom. The van der Waals surface area contributed by atoms with Crippen LogP contribution in [0.2, 0.25) is 0 Å². The highest BCUT2D eigenvalue weighted by atomic mass is 19.4. The van der Waals surface area contributed by atoms with Gasteiger partial charge in [-0.2, -0.15) is 13.2 Å². The second-order valence-corrected chi connectivity index (χ2v) is 5.46. The van der Waals surface area contributed by atoms with E-state index >= 15 is 0 Å². The average molecular weight is 384 g/mol. The predicted octanol–water partition coefficient (Wildman–Crippen LogP) is 4.27. The lowest BCUT2D eigenvalue weighted by atomic mass is 10.1. The molecule has 0 aliphatic carbocycles. The monoisotopic (exact) mass is 384 g/mol. The molecular weight excluding hydrogens is 365 g/mol. The fraction of sp³-hybridized carbons (Fsp3) is 0.316. The van der Waals surface area contributed by atoms with Gasteiger partial charge in [0.15, 0.2) is 11.5 Å². The molecule has 27 heavy (non-hydrogen) atoms. The van der Waals surface area contributed by atoms with Crippen LogP contribution in [0.25, 0.3) is 0 Å². The summed E-state index contributed by atoms with van der Waals surface area (Å²) in [5, 5.41) is 0. The largest absolute Gasteiger partial charge is 0.493 e. The summed E-state index contributed by atoms with van der Waals surface area (Å²) in [5.74, 6) is -0.0915. The molecule has 0 atom stereocenters. The number of rotatable bonds is 7. The van der Waals surface area contributed by atoms with Crippen molar-refractivity contribution in [3.8, 4) is 23.0 Å². The summed E-state index contributed by atoms with van der Waals surface area (Å²) >= 11 is 0. The van der Waals surface area contributed by atoms with E-state index in [4.69, 9.17) is 18.9 Å². The molecule has 2 aromatic carbocycles. The lowest BCUT2D eigenvalue weighted by molar-refractivity contribution is -0.142. The van der Waals surface area contributed by atoms with E-state index in [1.807, 2.05) is 0 Å². The molecule has 8 heteroatoms. The number of ether oxygens (including phenoxy) is 4. The number of halogens is 3. The van der Waals surface area contributed by atoms with Crippen LogP contribution < -0.4 is 18.9 Å². The molecule has 2 rings (SSSR count). The molecule has 0 aliphatic rings. The van der Waals surface area contributed by atoms with Gasteiger partial charge in [-0.1, -0.05) is 18.2 Å². The molecule has 146 valence electrons. The van der Waals surface area contributed by atoms with Gasteiger partial charge in [0.25, 0.3) is 0 Å². The molecule has 0 N–H and O–H groups in total. The number of esters is 1. The molecule has 0 aromatic heterocycles. The van der Waals surface area contributed by atoms with E-state index in [9.17, 15) is 18.0 Å². The van der Waals surface area contributed by atoms with E-state index in [-0.39, 0.29) is 12.8 Å². The highest BCUT2D eigenvalue weighted by Crippen LogP contribution is 2.40. The van der Waals surface area contributed by atoms with Crippen LogP contribution in [0.4, 0.5) is 13.2 Å². The maximum Gasteiger partial charge on any atom is 0.419 e. The first-order valence-electron chi connectivity index (χ1n) is 7.96. The zero-order chi connectivity index (χ0) is 20.0. The Bertz CT molecular complexity index is 802. The van der Waals surface area contributed by atoms with Gasteiger partial charge in [-0.25, -0.2) is 0 Å². The predicted molar refractivity (Wildman–Crippen MR) is 91.5 cm³/mol. The highest BCUT2D eigenvalue weighted by Gasteiger charge is 2.34. The molecule has 0 saturated heterocycles. The molecule has 0 aliphatic heterocycles. The van der Waals surface area contributed by atoms with Gasteiger partial charge >= 0.3 is 12.1 Å². The number of methoxy groups -OCH3 is 3. The Kier molecular flexibility index (Phi) is 6.55. The zero-order valence-electron chi connectivity index (χ0n) is 15.1. The van der Waals surface area contributed by atoms with E-state index in [2.05, 4.69) is 0 Å². The van der Waals surface area contributed by atoms with Crippen LogP contribution >= 0.6 is 0 Å². The summed E-state index contributed by atoms with van der Waals surface area (Å²) in [6.45, 7) is 0. The Balaban J connectivity index is 2.13. The van der Waals surface area contributed by atoms with Crippen molar-refractivity contribution in [3.63, 3.8) is 0 Å². The number of hydrogen-bond donors (Lipinski definition) is 0. The minimum Gasteiger partial charge on any atom is -0.493 e. The van der Waals surface area contributed by atoms with Crippen molar-refractivity contribution in [3.05, 3.63) is 47.5 Å². The highest BCUT2D eigenvalue weighted by molar-refractivity contribution is 5.73. The SMILES string of the molecule is COc1ccc(CCC(=O)Oc2ccccc2C(F)(F)F)c(OC)c1OC. The topological polar surface area (TPSA) is 54.0 Å². The molecule has 0 saturated carbocycles. The summed E-state index contributed by atoms with van der Waals surface area (Å²) in [6.07, 6.45) is -4.56. The first-order valence-corrected chi connectivity index (χ1v) is 7.96. The van der Waals surface area contributed by atoms with Crippen LogP contribution in [0.1, 0.15) is 17.5 Å². The van der Waals surface area contributed by atoms with Gasteiger partial charge < -0.3 is 18.9 Å². The molecule has 0 bridgehead atoms. The molecule has 0 spiro atoms. The van der Waals surface area contributed by atoms with Crippen LogP contribution in [0.3, 0.4) is 0 Å². The number of carbonyl (C=O) groups excluding carboxylic acids is 1. The van der Waals surface area contributed by atoms with Gasteiger partial charge in [0.05, 0.1) is 33.3 Å². The van der Waals surface area contributed by atoms with Crippen molar-refractivity contribution in [1.29, 1.82) is 0 Å². The molecular formula is C19H19F3O5. The first-order chi connectivity index (χ1) is 12.8. The van der Waals surface area contributed by atoms with Crippen LogP contribution in [-0.4, -0.2) is 27.3 Å². The maximum atomic E-state index is 13.0. The van der Waals surface area contributed by atoms with E-state index < -0.39 is 23.5 Å². The van der Waals surface area contributed by atoms with Gasteiger partial charge in [-0.15, -0.1) is 0 Å². The minimum atomic E-state index is -4.61. The standard InChI is InChI=1S/C19H19F3O5/c1-24-15-10-8-12(17(25-2)18(15)26-3)9-11-16(23)27-14-7-5-4-6-13(14)19(20,21)22/h4-8,10H,9,11H2,1-3H3. The van der Waals surface area contributed by atoms with Gasteiger partial charge in [-0.3, -0.25) is 4.79 Å². The van der Waals surface area contributed by atoms with Crippen LogP contribution in [0, 0.1) is 0 Å². The molecule has 0 radical (unpaired) electrons. The Labute approximate surface area is 154 Å². The van der Waals surface area contributed by atoms with Gasteiger partial charge in [0, 0.05) is 0 Å². The Morgan fingerprint density at radius 3 is 2.15 bits per heavy atom. The Morgan fingerprint density at radius 2 is 1.56 bits per heavy atom. The average Bonchev–Trinajstić information content (AvgIpc) is 2.64. The summed E-state index contributed by atoms with van der Waals surface area (Å²) in [4.78, 5) is 12.1. The first kappa shape index (κ1) is 20.4. The Hall–Kier alpha value is -2.90. The van der Waals surface area contributed by atoms with E-state index in [0.717, 1.165) is 12.1 Å².